The molecule has 0 aliphatic heterocycles. The van der Waals surface area contributed by atoms with Gasteiger partial charge in [0.05, 0.1) is 0 Å². The van der Waals surface area contributed by atoms with E-state index in [-0.39, 0.29) is 13.2 Å². The molecule has 2 unspecified atom stereocenters. The van der Waals surface area contributed by atoms with Gasteiger partial charge < -0.3 is 20.8 Å². The summed E-state index contributed by atoms with van der Waals surface area (Å²) in [7, 11) is 0. The fourth-order valence-electron chi connectivity index (χ4n) is 3.29. The molecule has 0 radical (unpaired) electrons. The molecule has 0 bridgehead atoms. The van der Waals surface area contributed by atoms with Crippen molar-refractivity contribution in [3.8, 4) is 0 Å². The van der Waals surface area contributed by atoms with Gasteiger partial charge in [-0.05, 0) is 69.9 Å². The van der Waals surface area contributed by atoms with Gasteiger partial charge in [-0.15, -0.1) is 0 Å². The molecule has 0 aromatic carbocycles. The van der Waals surface area contributed by atoms with Crippen LogP contribution in [0.3, 0.4) is 0 Å². The van der Waals surface area contributed by atoms with Crippen LogP contribution < -0.4 is 10.6 Å². The van der Waals surface area contributed by atoms with E-state index in [0.29, 0.717) is 51.4 Å². The van der Waals surface area contributed by atoms with Crippen LogP contribution in [0.1, 0.15) is 70.6 Å². The maximum atomic E-state index is 13.9. The van der Waals surface area contributed by atoms with Crippen molar-refractivity contribution < 1.29 is 28.6 Å². The predicted octanol–water partition coefficient (Wildman–Crippen LogP) is 2.95. The first-order valence-electron chi connectivity index (χ1n) is 10.5. The van der Waals surface area contributed by atoms with Crippen LogP contribution in [0.25, 0.3) is 0 Å². The molecule has 1 saturated carbocycles. The maximum absolute atomic E-state index is 13.9. The zero-order valence-corrected chi connectivity index (χ0v) is 17.0. The third-order valence-electron chi connectivity index (χ3n) is 4.95. The van der Waals surface area contributed by atoms with Crippen molar-refractivity contribution in [2.24, 2.45) is 0 Å². The first-order valence-corrected chi connectivity index (χ1v) is 10.5. The normalized spacial score (nSPS) is 20.0. The molecule has 29 heavy (non-hydrogen) atoms. The molecule has 8 heteroatoms. The summed E-state index contributed by atoms with van der Waals surface area (Å²) in [6.45, 7) is 0.196. The number of carbonyl (C=O) groups is 2. The van der Waals surface area contributed by atoms with E-state index in [1.807, 2.05) is 0 Å². The minimum Gasteiger partial charge on any atom is -0.396 e. The Morgan fingerprint density at radius 3 is 1.55 bits per heavy atom. The third-order valence-corrected chi connectivity index (χ3v) is 4.95. The van der Waals surface area contributed by atoms with Crippen molar-refractivity contribution in [3.05, 3.63) is 23.8 Å². The number of aliphatic hydroxyl groups excluding tert-OH is 2. The second-order valence-electron chi connectivity index (χ2n) is 7.34. The molecule has 2 amide bonds. The van der Waals surface area contributed by atoms with E-state index in [2.05, 4.69) is 10.6 Å². The minimum absolute atomic E-state index is 0.0982. The van der Waals surface area contributed by atoms with E-state index in [1.54, 1.807) is 0 Å². The Balaban J connectivity index is 2.43. The van der Waals surface area contributed by atoms with Gasteiger partial charge in [0.25, 0.3) is 11.8 Å². The highest BCUT2D eigenvalue weighted by Gasteiger charge is 2.31. The SMILES string of the molecule is O=C(NC1CCCC1NC(=O)C(F)=CCCCCCO)C(F)=CCCCCCO. The lowest BCUT2D eigenvalue weighted by molar-refractivity contribution is -0.122. The van der Waals surface area contributed by atoms with Crippen LogP contribution >= 0.6 is 0 Å². The average molecular weight is 417 g/mol. The summed E-state index contributed by atoms with van der Waals surface area (Å²) in [6.07, 6.45) is 9.42. The van der Waals surface area contributed by atoms with E-state index < -0.39 is 35.6 Å². The van der Waals surface area contributed by atoms with Crippen LogP contribution in [-0.2, 0) is 9.59 Å². The number of rotatable bonds is 14. The van der Waals surface area contributed by atoms with Crippen molar-refractivity contribution in [2.45, 2.75) is 82.7 Å². The fourth-order valence-corrected chi connectivity index (χ4v) is 3.29. The van der Waals surface area contributed by atoms with Crippen LogP contribution in [0.2, 0.25) is 0 Å². The number of amides is 2. The number of unbranched alkanes of at least 4 members (excludes halogenated alkanes) is 6. The topological polar surface area (TPSA) is 98.7 Å². The summed E-state index contributed by atoms with van der Waals surface area (Å²) in [6, 6.07) is -0.866. The lowest BCUT2D eigenvalue weighted by atomic mass is 10.1. The van der Waals surface area contributed by atoms with Crippen LogP contribution in [0.15, 0.2) is 23.8 Å². The molecule has 4 N–H and O–H groups in total. The predicted molar refractivity (Wildman–Crippen MR) is 107 cm³/mol. The molecule has 0 saturated heterocycles. The Kier molecular flexibility index (Phi) is 13.1. The molecular weight excluding hydrogens is 382 g/mol. The molecule has 1 aliphatic rings. The van der Waals surface area contributed by atoms with Crippen molar-refractivity contribution in [1.29, 1.82) is 0 Å². The average Bonchev–Trinajstić information content (AvgIpc) is 3.13. The van der Waals surface area contributed by atoms with Gasteiger partial charge in [0.1, 0.15) is 0 Å². The number of halogens is 2. The quantitative estimate of drug-likeness (QED) is 0.258. The van der Waals surface area contributed by atoms with Gasteiger partial charge in [-0.25, -0.2) is 8.78 Å². The summed E-state index contributed by atoms with van der Waals surface area (Å²) in [5, 5.41) is 22.6. The van der Waals surface area contributed by atoms with Crippen LogP contribution in [0, 0.1) is 0 Å². The Labute approximate surface area is 171 Å². The molecule has 166 valence electrons. The van der Waals surface area contributed by atoms with Gasteiger partial charge in [-0.2, -0.15) is 0 Å². The standard InChI is InChI=1S/C21H34F2N2O4/c22-16(10-5-1-3-7-14-26)20(28)24-18-12-9-13-19(18)25-21(29)17(23)11-6-2-4-8-15-27/h10-11,18-19,26-27H,1-9,12-15H2,(H,24,28)(H,25,29). The lowest BCUT2D eigenvalue weighted by Crippen LogP contribution is -2.48. The molecule has 1 fully saturated rings. The van der Waals surface area contributed by atoms with E-state index in [1.165, 1.54) is 12.2 Å². The minimum atomic E-state index is -0.861. The number of allylic oxidation sites excluding steroid dienone is 2. The maximum Gasteiger partial charge on any atom is 0.279 e. The van der Waals surface area contributed by atoms with Crippen molar-refractivity contribution in [2.75, 3.05) is 13.2 Å². The number of carbonyl (C=O) groups excluding carboxylic acids is 2. The smallest absolute Gasteiger partial charge is 0.279 e. The highest BCUT2D eigenvalue weighted by molar-refractivity contribution is 5.92. The van der Waals surface area contributed by atoms with Crippen molar-refractivity contribution >= 4 is 11.8 Å². The molecule has 0 aromatic rings. The summed E-state index contributed by atoms with van der Waals surface area (Å²) in [4.78, 5) is 24.0. The van der Waals surface area contributed by atoms with Crippen molar-refractivity contribution in [1.82, 2.24) is 10.6 Å². The molecule has 0 spiro atoms. The first-order chi connectivity index (χ1) is 14.0. The summed E-state index contributed by atoms with van der Waals surface area (Å²) >= 11 is 0. The van der Waals surface area contributed by atoms with Crippen LogP contribution in [0.4, 0.5) is 8.78 Å². The Morgan fingerprint density at radius 2 is 1.17 bits per heavy atom. The van der Waals surface area contributed by atoms with Gasteiger partial charge in [0.2, 0.25) is 0 Å². The highest BCUT2D eigenvalue weighted by Crippen LogP contribution is 2.20. The first kappa shape index (κ1) is 25.2. The van der Waals surface area contributed by atoms with Crippen LogP contribution in [-0.4, -0.2) is 47.3 Å². The monoisotopic (exact) mass is 416 g/mol. The van der Waals surface area contributed by atoms with Gasteiger partial charge in [-0.3, -0.25) is 9.59 Å². The number of hydrogen-bond donors (Lipinski definition) is 4. The van der Waals surface area contributed by atoms with E-state index in [4.69, 9.17) is 10.2 Å². The molecule has 1 rings (SSSR count). The van der Waals surface area contributed by atoms with E-state index >= 15 is 0 Å². The van der Waals surface area contributed by atoms with Gasteiger partial charge in [0.15, 0.2) is 11.7 Å². The second kappa shape index (κ2) is 15.1. The summed E-state index contributed by atoms with van der Waals surface area (Å²) in [5.41, 5.74) is 0. The lowest BCUT2D eigenvalue weighted by Gasteiger charge is -2.21. The molecule has 0 heterocycles. The number of nitrogens with one attached hydrogen (secondary N) is 2. The molecule has 2 atom stereocenters. The van der Waals surface area contributed by atoms with E-state index in [0.717, 1.165) is 19.3 Å². The Hall–Kier alpha value is -1.80. The van der Waals surface area contributed by atoms with Crippen molar-refractivity contribution in [3.63, 3.8) is 0 Å². The Morgan fingerprint density at radius 1 is 0.759 bits per heavy atom. The van der Waals surface area contributed by atoms with Crippen LogP contribution in [0.5, 0.6) is 0 Å². The zero-order valence-electron chi connectivity index (χ0n) is 17.0. The Bertz CT molecular complexity index is 519. The van der Waals surface area contributed by atoms with Gasteiger partial charge >= 0.3 is 0 Å². The molecule has 1 aliphatic carbocycles. The highest BCUT2D eigenvalue weighted by atomic mass is 19.1. The number of aliphatic hydroxyl groups is 2. The fraction of sp³-hybridized carbons (Fsp3) is 0.714. The molecular formula is C21H34F2N2O4. The van der Waals surface area contributed by atoms with E-state index in [9.17, 15) is 18.4 Å². The molecule has 0 aromatic heterocycles. The zero-order chi connectivity index (χ0) is 21.5. The summed E-state index contributed by atoms with van der Waals surface area (Å²) in [5.74, 6) is -3.36. The number of hydrogen-bond acceptors (Lipinski definition) is 4. The van der Waals surface area contributed by atoms with Gasteiger partial charge in [0, 0.05) is 25.3 Å². The molecule has 6 nitrogen and oxygen atoms in total. The van der Waals surface area contributed by atoms with Gasteiger partial charge in [-0.1, -0.05) is 12.8 Å². The third kappa shape index (κ3) is 10.5. The second-order valence-corrected chi connectivity index (χ2v) is 7.34. The summed E-state index contributed by atoms with van der Waals surface area (Å²) < 4.78 is 27.9. The largest absolute Gasteiger partial charge is 0.396 e.